The molecule has 2 aromatic heterocycles. The molecule has 1 saturated heterocycles. The van der Waals surface area contributed by atoms with E-state index in [0.717, 1.165) is 35.5 Å². The molecule has 2 aromatic carbocycles. The zero-order valence-electron chi connectivity index (χ0n) is 18.6. The van der Waals surface area contributed by atoms with Gasteiger partial charge >= 0.3 is 0 Å². The Kier molecular flexibility index (Phi) is 5.95. The predicted octanol–water partition coefficient (Wildman–Crippen LogP) is 3.68. The minimum Gasteiger partial charge on any atom is -0.495 e. The number of fused-ring (bicyclic) bond motifs is 1. The third kappa shape index (κ3) is 4.28. The summed E-state index contributed by atoms with van der Waals surface area (Å²) in [5, 5.41) is 10.3. The van der Waals surface area contributed by atoms with Crippen molar-refractivity contribution in [1.29, 1.82) is 0 Å². The SMILES string of the molecule is COc1ccccc1N1CCN(C(=O)CSc2nnc(-c3cc4ccccc4o3)n2C)CC1. The van der Waals surface area contributed by atoms with Gasteiger partial charge in [0.15, 0.2) is 16.7 Å². The van der Waals surface area contributed by atoms with Crippen molar-refractivity contribution in [2.45, 2.75) is 5.16 Å². The van der Waals surface area contributed by atoms with Gasteiger partial charge in [0.2, 0.25) is 5.91 Å². The maximum atomic E-state index is 12.8. The third-order valence-corrected chi connectivity index (χ3v) is 6.87. The minimum atomic E-state index is 0.105. The normalized spacial score (nSPS) is 14.1. The van der Waals surface area contributed by atoms with Crippen LogP contribution in [0.5, 0.6) is 5.75 Å². The van der Waals surface area contributed by atoms with Crippen LogP contribution in [0.1, 0.15) is 0 Å². The smallest absolute Gasteiger partial charge is 0.233 e. The van der Waals surface area contributed by atoms with Gasteiger partial charge in [-0.05, 0) is 24.3 Å². The van der Waals surface area contributed by atoms with Crippen LogP contribution in [0.4, 0.5) is 5.69 Å². The van der Waals surface area contributed by atoms with E-state index in [-0.39, 0.29) is 5.91 Å². The number of piperazine rings is 1. The van der Waals surface area contributed by atoms with Gasteiger partial charge in [0, 0.05) is 38.6 Å². The first-order valence-electron chi connectivity index (χ1n) is 10.8. The molecule has 5 rings (SSSR count). The Hall–Kier alpha value is -3.46. The second kappa shape index (κ2) is 9.19. The van der Waals surface area contributed by atoms with Crippen molar-refractivity contribution in [2.75, 3.05) is 43.9 Å². The Bertz CT molecular complexity index is 1240. The van der Waals surface area contributed by atoms with E-state index in [2.05, 4.69) is 21.2 Å². The monoisotopic (exact) mass is 463 g/mol. The van der Waals surface area contributed by atoms with E-state index in [1.54, 1.807) is 7.11 Å². The number of furan rings is 1. The zero-order chi connectivity index (χ0) is 22.8. The highest BCUT2D eigenvalue weighted by molar-refractivity contribution is 7.99. The van der Waals surface area contributed by atoms with Crippen LogP contribution in [0.15, 0.2) is 64.2 Å². The summed E-state index contributed by atoms with van der Waals surface area (Å²) in [4.78, 5) is 17.0. The van der Waals surface area contributed by atoms with E-state index in [1.165, 1.54) is 11.8 Å². The number of para-hydroxylation sites is 3. The molecule has 0 atom stereocenters. The second-order valence-electron chi connectivity index (χ2n) is 7.84. The quantitative estimate of drug-likeness (QED) is 0.404. The summed E-state index contributed by atoms with van der Waals surface area (Å²) in [7, 11) is 3.57. The van der Waals surface area contributed by atoms with Crippen molar-refractivity contribution in [3.05, 3.63) is 54.6 Å². The average molecular weight is 464 g/mol. The molecule has 1 aliphatic rings. The van der Waals surface area contributed by atoms with Crippen LogP contribution in [0.3, 0.4) is 0 Å². The van der Waals surface area contributed by atoms with Gasteiger partial charge < -0.3 is 23.5 Å². The van der Waals surface area contributed by atoms with E-state index >= 15 is 0 Å². The number of carbonyl (C=O) groups excluding carboxylic acids is 1. The van der Waals surface area contributed by atoms with Gasteiger partial charge in [-0.3, -0.25) is 4.79 Å². The van der Waals surface area contributed by atoms with E-state index < -0.39 is 0 Å². The Balaban J connectivity index is 1.19. The highest BCUT2D eigenvalue weighted by Gasteiger charge is 2.24. The number of rotatable bonds is 6. The molecule has 170 valence electrons. The van der Waals surface area contributed by atoms with Crippen molar-refractivity contribution in [2.24, 2.45) is 7.05 Å². The fourth-order valence-corrected chi connectivity index (χ4v) is 4.87. The number of ether oxygens (including phenoxy) is 1. The van der Waals surface area contributed by atoms with Crippen LogP contribution in [-0.2, 0) is 11.8 Å². The van der Waals surface area contributed by atoms with Gasteiger partial charge in [0.05, 0.1) is 18.6 Å². The van der Waals surface area contributed by atoms with Crippen LogP contribution in [-0.4, -0.2) is 64.6 Å². The zero-order valence-corrected chi connectivity index (χ0v) is 19.4. The highest BCUT2D eigenvalue weighted by Crippen LogP contribution is 2.30. The molecule has 1 fully saturated rings. The summed E-state index contributed by atoms with van der Waals surface area (Å²) in [5.41, 5.74) is 1.88. The van der Waals surface area contributed by atoms with Gasteiger partial charge in [-0.25, -0.2) is 0 Å². The van der Waals surface area contributed by atoms with E-state index in [0.29, 0.717) is 35.6 Å². The van der Waals surface area contributed by atoms with Crippen molar-refractivity contribution in [3.8, 4) is 17.3 Å². The fraction of sp³-hybridized carbons (Fsp3) is 0.292. The molecule has 1 aliphatic heterocycles. The van der Waals surface area contributed by atoms with E-state index in [4.69, 9.17) is 9.15 Å². The molecule has 0 spiro atoms. The van der Waals surface area contributed by atoms with Gasteiger partial charge in [-0.1, -0.05) is 42.1 Å². The van der Waals surface area contributed by atoms with Crippen molar-refractivity contribution in [1.82, 2.24) is 19.7 Å². The number of hydrogen-bond acceptors (Lipinski definition) is 7. The largest absolute Gasteiger partial charge is 0.495 e. The number of thioether (sulfide) groups is 1. The minimum absolute atomic E-state index is 0.105. The summed E-state index contributed by atoms with van der Waals surface area (Å²) >= 11 is 1.40. The molecule has 0 radical (unpaired) electrons. The number of amides is 1. The van der Waals surface area contributed by atoms with Crippen molar-refractivity contribution >= 4 is 34.3 Å². The maximum Gasteiger partial charge on any atom is 0.233 e. The molecule has 33 heavy (non-hydrogen) atoms. The molecule has 4 aromatic rings. The predicted molar refractivity (Wildman–Crippen MR) is 129 cm³/mol. The Morgan fingerprint density at radius 2 is 1.82 bits per heavy atom. The summed E-state index contributed by atoms with van der Waals surface area (Å²) in [6, 6.07) is 17.8. The molecule has 0 bridgehead atoms. The summed E-state index contributed by atoms with van der Waals surface area (Å²) < 4.78 is 13.3. The number of hydrogen-bond donors (Lipinski definition) is 0. The second-order valence-corrected chi connectivity index (χ2v) is 8.78. The lowest BCUT2D eigenvalue weighted by molar-refractivity contribution is -0.128. The number of anilines is 1. The molecule has 0 N–H and O–H groups in total. The van der Waals surface area contributed by atoms with Gasteiger partial charge in [0.25, 0.3) is 0 Å². The summed E-state index contributed by atoms with van der Waals surface area (Å²) in [5.74, 6) is 2.59. The standard InChI is InChI=1S/C24H25N5O3S/c1-27-23(21-15-17-7-3-5-9-19(17)32-21)25-26-24(27)33-16-22(30)29-13-11-28(12-14-29)18-8-4-6-10-20(18)31-2/h3-10,15H,11-14,16H2,1-2H3. The van der Waals surface area contributed by atoms with Crippen molar-refractivity contribution in [3.63, 3.8) is 0 Å². The van der Waals surface area contributed by atoms with Gasteiger partial charge in [-0.2, -0.15) is 0 Å². The van der Waals surface area contributed by atoms with Crippen LogP contribution in [0.25, 0.3) is 22.6 Å². The first-order valence-corrected chi connectivity index (χ1v) is 11.8. The van der Waals surface area contributed by atoms with E-state index in [9.17, 15) is 4.79 Å². The van der Waals surface area contributed by atoms with Crippen molar-refractivity contribution < 1.29 is 13.9 Å². The first kappa shape index (κ1) is 21.4. The van der Waals surface area contributed by atoms with Gasteiger partial charge in [0.1, 0.15) is 11.3 Å². The van der Waals surface area contributed by atoms with Crippen LogP contribution in [0.2, 0.25) is 0 Å². The molecule has 8 nitrogen and oxygen atoms in total. The van der Waals surface area contributed by atoms with Crippen LogP contribution < -0.4 is 9.64 Å². The number of benzene rings is 2. The molecule has 0 saturated carbocycles. The molecular weight excluding hydrogens is 438 g/mol. The van der Waals surface area contributed by atoms with Gasteiger partial charge in [-0.15, -0.1) is 10.2 Å². The molecule has 0 unspecified atom stereocenters. The molecular formula is C24H25N5O3S. The number of nitrogens with zero attached hydrogens (tertiary/aromatic N) is 5. The average Bonchev–Trinajstić information content (AvgIpc) is 3.45. The summed E-state index contributed by atoms with van der Waals surface area (Å²) in [6.45, 7) is 2.91. The van der Waals surface area contributed by atoms with Crippen LogP contribution in [0, 0.1) is 0 Å². The molecule has 9 heteroatoms. The lowest BCUT2D eigenvalue weighted by atomic mass is 10.2. The Morgan fingerprint density at radius 1 is 1.06 bits per heavy atom. The highest BCUT2D eigenvalue weighted by atomic mass is 32.2. The Morgan fingerprint density at radius 3 is 2.61 bits per heavy atom. The maximum absolute atomic E-state index is 12.8. The number of carbonyl (C=O) groups is 1. The number of aromatic nitrogens is 3. The first-order chi connectivity index (χ1) is 16.1. The molecule has 0 aliphatic carbocycles. The van der Waals surface area contributed by atoms with E-state index in [1.807, 2.05) is 65.0 Å². The lowest BCUT2D eigenvalue weighted by Crippen LogP contribution is -2.49. The Labute approximate surface area is 196 Å². The lowest BCUT2D eigenvalue weighted by Gasteiger charge is -2.36. The summed E-state index contributed by atoms with van der Waals surface area (Å²) in [6.07, 6.45) is 0. The van der Waals surface area contributed by atoms with Crippen LogP contribution >= 0.6 is 11.8 Å². The fourth-order valence-electron chi connectivity index (χ4n) is 4.05. The third-order valence-electron chi connectivity index (χ3n) is 5.86. The topological polar surface area (TPSA) is 76.6 Å². The molecule has 3 heterocycles. The molecule has 1 amide bonds. The number of methoxy groups -OCH3 is 1.